The lowest BCUT2D eigenvalue weighted by atomic mass is 10.0. The Labute approximate surface area is 256 Å². The molecular weight excluding hydrogens is 480 g/mol. The van der Waals surface area contributed by atoms with Crippen LogP contribution in [0.15, 0.2) is 12.2 Å². The van der Waals surface area contributed by atoms with Crippen LogP contribution in [-0.2, 0) is 0 Å². The van der Waals surface area contributed by atoms with Gasteiger partial charge in [0.1, 0.15) is 0 Å². The van der Waals surface area contributed by atoms with Crippen molar-refractivity contribution >= 4 is 0 Å². The van der Waals surface area contributed by atoms with Gasteiger partial charge < -0.3 is 0 Å². The van der Waals surface area contributed by atoms with Gasteiger partial charge in [-0.3, -0.25) is 0 Å². The monoisotopic (exact) mass is 561 g/mol. The Bertz CT molecular complexity index is 435. The zero-order valence-electron chi connectivity index (χ0n) is 28.6. The van der Waals surface area contributed by atoms with E-state index < -0.39 is 0 Å². The summed E-state index contributed by atoms with van der Waals surface area (Å²) in [6.45, 7) is 4.57. The molecule has 0 aliphatic carbocycles. The topological polar surface area (TPSA) is 0 Å². The summed E-state index contributed by atoms with van der Waals surface area (Å²) in [5.41, 5.74) is 0. The lowest BCUT2D eigenvalue weighted by Crippen LogP contribution is -1.85. The molecular formula is C40H80. The quantitative estimate of drug-likeness (QED) is 0.0528. The lowest BCUT2D eigenvalue weighted by molar-refractivity contribution is 0.511. The maximum Gasteiger partial charge on any atom is -0.0351 e. The third kappa shape index (κ3) is 37.7. The Morgan fingerprint density at radius 1 is 0.200 bits per heavy atom. The van der Waals surface area contributed by atoms with Crippen LogP contribution in [0.4, 0.5) is 0 Å². The van der Waals surface area contributed by atoms with E-state index in [4.69, 9.17) is 0 Å². The molecule has 0 amide bonds. The normalized spacial score (nSPS) is 11.8. The van der Waals surface area contributed by atoms with Crippen molar-refractivity contribution < 1.29 is 0 Å². The molecule has 0 heterocycles. The Morgan fingerprint density at radius 3 is 0.625 bits per heavy atom. The molecule has 0 unspecified atom stereocenters. The molecule has 0 rings (SSSR count). The zero-order valence-corrected chi connectivity index (χ0v) is 28.6. The third-order valence-corrected chi connectivity index (χ3v) is 9.10. The Balaban J connectivity index is 3.03. The van der Waals surface area contributed by atoms with E-state index in [0.717, 1.165) is 0 Å². The van der Waals surface area contributed by atoms with E-state index in [9.17, 15) is 0 Å². The average molecular weight is 561 g/mol. The predicted octanol–water partition coefficient (Wildman–Crippen LogP) is 15.6. The van der Waals surface area contributed by atoms with Gasteiger partial charge in [-0.25, -0.2) is 0 Å². The number of hydrogen-bond acceptors (Lipinski definition) is 0. The second kappa shape index (κ2) is 38.7. The molecule has 0 aliphatic rings. The van der Waals surface area contributed by atoms with Crippen LogP contribution in [0.3, 0.4) is 0 Å². The average Bonchev–Trinajstić information content (AvgIpc) is 2.97. The summed E-state index contributed by atoms with van der Waals surface area (Å²) in [6.07, 6.45) is 57.4. The minimum Gasteiger partial charge on any atom is -0.0885 e. The van der Waals surface area contributed by atoms with Crippen LogP contribution in [0.2, 0.25) is 0 Å². The highest BCUT2D eigenvalue weighted by Gasteiger charge is 1.97. The van der Waals surface area contributed by atoms with Crippen LogP contribution in [0.1, 0.15) is 245 Å². The number of hydrogen-bond donors (Lipinski definition) is 0. The second-order valence-corrected chi connectivity index (χ2v) is 13.4. The zero-order chi connectivity index (χ0) is 28.9. The summed E-state index contributed by atoms with van der Waals surface area (Å²) < 4.78 is 0. The van der Waals surface area contributed by atoms with Gasteiger partial charge in [-0.15, -0.1) is 0 Å². The summed E-state index contributed by atoms with van der Waals surface area (Å²) in [4.78, 5) is 0. The second-order valence-electron chi connectivity index (χ2n) is 13.4. The van der Waals surface area contributed by atoms with Crippen LogP contribution in [0, 0.1) is 0 Å². The molecule has 0 N–H and O–H groups in total. The molecule has 0 fully saturated rings. The minimum atomic E-state index is 1.26. The van der Waals surface area contributed by atoms with Crippen molar-refractivity contribution in [2.75, 3.05) is 0 Å². The predicted molar refractivity (Wildman–Crippen MR) is 187 cm³/mol. The third-order valence-electron chi connectivity index (χ3n) is 9.10. The molecule has 0 heteroatoms. The summed E-state index contributed by atoms with van der Waals surface area (Å²) >= 11 is 0. The van der Waals surface area contributed by atoms with Crippen LogP contribution in [-0.4, -0.2) is 0 Å². The van der Waals surface area contributed by atoms with Crippen molar-refractivity contribution in [3.63, 3.8) is 0 Å². The first-order chi connectivity index (χ1) is 19.9. The first kappa shape index (κ1) is 39.7. The van der Waals surface area contributed by atoms with Gasteiger partial charge in [0.15, 0.2) is 0 Å². The van der Waals surface area contributed by atoms with E-state index in [0.29, 0.717) is 0 Å². The highest BCUT2D eigenvalue weighted by Crippen LogP contribution is 2.17. The fourth-order valence-electron chi connectivity index (χ4n) is 6.22. The van der Waals surface area contributed by atoms with Gasteiger partial charge >= 0.3 is 0 Å². The van der Waals surface area contributed by atoms with Gasteiger partial charge in [-0.2, -0.15) is 0 Å². The standard InChI is InChI=1S/C40H80/c1-3-5-7-9-11-13-15-17-19-21-23-25-27-29-31-33-35-37-39-40-38-36-34-32-30-28-26-24-22-20-18-16-14-12-10-8-6-4-2/h7,9H,3-6,8,10-40H2,1-2H3/b9-7+. The Hall–Kier alpha value is -0.260. The van der Waals surface area contributed by atoms with Gasteiger partial charge in [0.2, 0.25) is 0 Å². The molecule has 0 aliphatic heterocycles. The van der Waals surface area contributed by atoms with Gasteiger partial charge in [-0.05, 0) is 19.3 Å². The number of rotatable bonds is 36. The van der Waals surface area contributed by atoms with E-state index in [1.807, 2.05) is 0 Å². The van der Waals surface area contributed by atoms with Crippen molar-refractivity contribution in [2.45, 2.75) is 245 Å². The number of unbranched alkanes of at least 4 members (excludes halogenated alkanes) is 34. The van der Waals surface area contributed by atoms with E-state index in [-0.39, 0.29) is 0 Å². The molecule has 0 spiro atoms. The molecule has 0 saturated carbocycles. The molecule has 240 valence electrons. The van der Waals surface area contributed by atoms with Gasteiger partial charge in [0, 0.05) is 0 Å². The summed E-state index contributed by atoms with van der Waals surface area (Å²) in [6, 6.07) is 0. The van der Waals surface area contributed by atoms with Crippen molar-refractivity contribution in [3.05, 3.63) is 12.2 Å². The van der Waals surface area contributed by atoms with Crippen molar-refractivity contribution in [1.29, 1.82) is 0 Å². The fourth-order valence-corrected chi connectivity index (χ4v) is 6.22. The van der Waals surface area contributed by atoms with Gasteiger partial charge in [0.05, 0.1) is 0 Å². The largest absolute Gasteiger partial charge is 0.0885 e. The molecule has 0 radical (unpaired) electrons. The fraction of sp³-hybridized carbons (Fsp3) is 0.950. The summed E-state index contributed by atoms with van der Waals surface area (Å²) in [5.74, 6) is 0. The van der Waals surface area contributed by atoms with Crippen LogP contribution in [0.25, 0.3) is 0 Å². The molecule has 0 atom stereocenters. The molecule has 0 aromatic heterocycles. The molecule has 0 aromatic rings. The maximum absolute atomic E-state index is 2.40. The molecule has 0 bridgehead atoms. The molecule has 0 saturated heterocycles. The highest BCUT2D eigenvalue weighted by atomic mass is 14.0. The van der Waals surface area contributed by atoms with Crippen molar-refractivity contribution in [2.24, 2.45) is 0 Å². The molecule has 40 heavy (non-hydrogen) atoms. The Morgan fingerprint density at radius 2 is 0.400 bits per heavy atom. The number of allylic oxidation sites excluding steroid dienone is 2. The maximum atomic E-state index is 2.40. The summed E-state index contributed by atoms with van der Waals surface area (Å²) in [5, 5.41) is 0. The van der Waals surface area contributed by atoms with Crippen molar-refractivity contribution in [3.8, 4) is 0 Å². The van der Waals surface area contributed by atoms with Crippen LogP contribution >= 0.6 is 0 Å². The van der Waals surface area contributed by atoms with E-state index in [1.165, 1.54) is 231 Å². The summed E-state index contributed by atoms with van der Waals surface area (Å²) in [7, 11) is 0. The van der Waals surface area contributed by atoms with Gasteiger partial charge in [0.25, 0.3) is 0 Å². The van der Waals surface area contributed by atoms with E-state index >= 15 is 0 Å². The van der Waals surface area contributed by atoms with E-state index in [1.54, 1.807) is 0 Å². The van der Waals surface area contributed by atoms with Crippen molar-refractivity contribution in [1.82, 2.24) is 0 Å². The Kier molecular flexibility index (Phi) is 38.5. The first-order valence-electron chi connectivity index (χ1n) is 19.6. The lowest BCUT2D eigenvalue weighted by Gasteiger charge is -2.05. The van der Waals surface area contributed by atoms with Crippen LogP contribution < -0.4 is 0 Å². The smallest absolute Gasteiger partial charge is 0.0351 e. The van der Waals surface area contributed by atoms with E-state index in [2.05, 4.69) is 26.0 Å². The SMILES string of the molecule is CCC/C=C/CCCCCCCCCCCCCCCCCCCCCCCCCCCCCCCCCCC. The molecule has 0 nitrogen and oxygen atoms in total. The van der Waals surface area contributed by atoms with Gasteiger partial charge in [-0.1, -0.05) is 238 Å². The van der Waals surface area contributed by atoms with Crippen LogP contribution in [0.5, 0.6) is 0 Å². The first-order valence-corrected chi connectivity index (χ1v) is 19.6. The minimum absolute atomic E-state index is 1.26. The highest BCUT2D eigenvalue weighted by molar-refractivity contribution is 4.80. The molecule has 0 aromatic carbocycles.